The van der Waals surface area contributed by atoms with Gasteiger partial charge in [-0.2, -0.15) is 0 Å². The minimum atomic E-state index is -0.878. The molecular weight excluding hydrogens is 351 g/mol. The number of carbonyl (C=O) groups is 2. The molecule has 2 aliphatic rings. The molecule has 1 heterocycles. The second-order valence-corrected chi connectivity index (χ2v) is 7.90. The lowest BCUT2D eigenvalue weighted by Gasteiger charge is -2.35. The highest BCUT2D eigenvalue weighted by molar-refractivity contribution is 5.77. The smallest absolute Gasteiger partial charge is 0.317 e. The first-order valence-electron chi connectivity index (χ1n) is 9.54. The fraction of sp³-hybridized carbons (Fsp3) is 0.600. The van der Waals surface area contributed by atoms with Gasteiger partial charge in [0.25, 0.3) is 0 Å². The van der Waals surface area contributed by atoms with Gasteiger partial charge in [0.2, 0.25) is 0 Å². The summed E-state index contributed by atoms with van der Waals surface area (Å²) >= 11 is 0. The zero-order chi connectivity index (χ0) is 19.6. The molecule has 2 N–H and O–H groups in total. The molecule has 6 nitrogen and oxygen atoms in total. The molecule has 1 saturated heterocycles. The van der Waals surface area contributed by atoms with Crippen molar-refractivity contribution < 1.29 is 23.8 Å². The number of ether oxygens (including phenoxy) is 1. The number of urea groups is 1. The zero-order valence-electron chi connectivity index (χ0n) is 15.8. The van der Waals surface area contributed by atoms with Gasteiger partial charge < -0.3 is 20.1 Å². The quantitative estimate of drug-likeness (QED) is 0.795. The summed E-state index contributed by atoms with van der Waals surface area (Å²) in [6.07, 6.45) is 2.85. The zero-order valence-corrected chi connectivity index (χ0v) is 15.8. The number of piperidine rings is 1. The molecule has 0 bridgehead atoms. The summed E-state index contributed by atoms with van der Waals surface area (Å²) in [5.41, 5.74) is 0.638. The molecule has 1 aliphatic heterocycles. The summed E-state index contributed by atoms with van der Waals surface area (Å²) in [7, 11) is 0. The summed E-state index contributed by atoms with van der Waals surface area (Å²) in [5.74, 6) is -0.957. The number of carbonyl (C=O) groups excluding carboxylic acids is 1. The van der Waals surface area contributed by atoms with E-state index in [1.165, 1.54) is 11.0 Å². The van der Waals surface area contributed by atoms with Gasteiger partial charge in [0, 0.05) is 13.1 Å². The molecule has 3 atom stereocenters. The fourth-order valence-electron chi connectivity index (χ4n) is 3.45. The number of carboxylic acids is 1. The standard InChI is InChI=1S/C20H27FN2O4/c1-12-7-16(19(24)25)10-23(9-12)20(26)22-13(2)15-5-6-18(17(21)8-15)27-11-14-3-4-14/h5-6,8,12-14,16H,3-4,7,9-11H2,1-2H3,(H,22,26)(H,24,25). The third kappa shape index (κ3) is 5.11. The molecule has 0 spiro atoms. The van der Waals surface area contributed by atoms with Crippen LogP contribution in [0, 0.1) is 23.6 Å². The predicted molar refractivity (Wildman–Crippen MR) is 98.0 cm³/mol. The Labute approximate surface area is 158 Å². The molecular formula is C20H27FN2O4. The number of likely N-dealkylation sites (tertiary alicyclic amines) is 1. The Balaban J connectivity index is 1.58. The Hall–Kier alpha value is -2.31. The first-order chi connectivity index (χ1) is 12.8. The molecule has 27 heavy (non-hydrogen) atoms. The van der Waals surface area contributed by atoms with Crippen molar-refractivity contribution >= 4 is 12.0 Å². The van der Waals surface area contributed by atoms with Crippen LogP contribution in [0.2, 0.25) is 0 Å². The molecule has 3 unspecified atom stereocenters. The number of hydrogen-bond donors (Lipinski definition) is 2. The van der Waals surface area contributed by atoms with Gasteiger partial charge in [-0.25, -0.2) is 9.18 Å². The highest BCUT2D eigenvalue weighted by atomic mass is 19.1. The van der Waals surface area contributed by atoms with Crippen LogP contribution in [0.15, 0.2) is 18.2 Å². The van der Waals surface area contributed by atoms with Crippen LogP contribution in [-0.4, -0.2) is 41.7 Å². The van der Waals surface area contributed by atoms with Crippen molar-refractivity contribution in [2.75, 3.05) is 19.7 Å². The van der Waals surface area contributed by atoms with E-state index in [0.717, 1.165) is 12.8 Å². The van der Waals surface area contributed by atoms with Crippen molar-refractivity contribution in [2.24, 2.45) is 17.8 Å². The lowest BCUT2D eigenvalue weighted by Crippen LogP contribution is -2.49. The first-order valence-corrected chi connectivity index (χ1v) is 9.54. The van der Waals surface area contributed by atoms with Gasteiger partial charge in [0.05, 0.1) is 18.6 Å². The maximum absolute atomic E-state index is 14.3. The van der Waals surface area contributed by atoms with Crippen molar-refractivity contribution in [1.82, 2.24) is 10.2 Å². The number of amides is 2. The largest absolute Gasteiger partial charge is 0.490 e. The number of nitrogens with zero attached hydrogens (tertiary/aromatic N) is 1. The SMILES string of the molecule is CC1CC(C(=O)O)CN(C(=O)NC(C)c2ccc(OCC3CC3)c(F)c2)C1. The predicted octanol–water partition coefficient (Wildman–Crippen LogP) is 3.43. The van der Waals surface area contributed by atoms with Crippen molar-refractivity contribution in [3.8, 4) is 5.75 Å². The van der Waals surface area contributed by atoms with Crippen LogP contribution in [0.25, 0.3) is 0 Å². The number of halogens is 1. The fourth-order valence-corrected chi connectivity index (χ4v) is 3.45. The Bertz CT molecular complexity index is 707. The normalized spacial score (nSPS) is 23.6. The van der Waals surface area contributed by atoms with Crippen LogP contribution in [-0.2, 0) is 4.79 Å². The van der Waals surface area contributed by atoms with Gasteiger partial charge in [0.1, 0.15) is 0 Å². The minimum Gasteiger partial charge on any atom is -0.490 e. The number of nitrogens with one attached hydrogen (secondary N) is 1. The molecule has 1 aromatic carbocycles. The van der Waals surface area contributed by atoms with E-state index in [-0.39, 0.29) is 24.2 Å². The molecule has 0 radical (unpaired) electrons. The van der Waals surface area contributed by atoms with Crippen molar-refractivity contribution in [1.29, 1.82) is 0 Å². The molecule has 2 fully saturated rings. The number of hydrogen-bond acceptors (Lipinski definition) is 3. The van der Waals surface area contributed by atoms with Gasteiger partial charge in [-0.3, -0.25) is 4.79 Å². The van der Waals surface area contributed by atoms with Crippen LogP contribution < -0.4 is 10.1 Å². The highest BCUT2D eigenvalue weighted by Crippen LogP contribution is 2.31. The molecule has 7 heteroatoms. The summed E-state index contributed by atoms with van der Waals surface area (Å²) in [4.78, 5) is 25.3. The number of benzene rings is 1. The van der Waals surface area contributed by atoms with E-state index in [0.29, 0.717) is 31.1 Å². The molecule has 1 aliphatic carbocycles. The van der Waals surface area contributed by atoms with E-state index in [1.807, 2.05) is 6.92 Å². The van der Waals surface area contributed by atoms with E-state index >= 15 is 0 Å². The Morgan fingerprint density at radius 1 is 1.37 bits per heavy atom. The molecule has 1 saturated carbocycles. The van der Waals surface area contributed by atoms with Crippen molar-refractivity contribution in [3.63, 3.8) is 0 Å². The van der Waals surface area contributed by atoms with E-state index in [4.69, 9.17) is 4.74 Å². The van der Waals surface area contributed by atoms with Crippen LogP contribution in [0.5, 0.6) is 5.75 Å². The molecule has 148 valence electrons. The van der Waals surface area contributed by atoms with Gasteiger partial charge in [-0.05, 0) is 55.7 Å². The number of carboxylic acid groups (broad SMARTS) is 1. The molecule has 1 aromatic rings. The number of rotatable bonds is 6. The summed E-state index contributed by atoms with van der Waals surface area (Å²) in [6, 6.07) is 4.00. The van der Waals surface area contributed by atoms with Crippen LogP contribution in [0.4, 0.5) is 9.18 Å². The minimum absolute atomic E-state index is 0.126. The lowest BCUT2D eigenvalue weighted by molar-refractivity contribution is -0.143. The Kier molecular flexibility index (Phi) is 5.87. The van der Waals surface area contributed by atoms with Gasteiger partial charge in [0.15, 0.2) is 11.6 Å². The van der Waals surface area contributed by atoms with Gasteiger partial charge >= 0.3 is 12.0 Å². The van der Waals surface area contributed by atoms with Gasteiger partial charge in [-0.15, -0.1) is 0 Å². The maximum atomic E-state index is 14.3. The lowest BCUT2D eigenvalue weighted by atomic mass is 9.91. The monoisotopic (exact) mass is 378 g/mol. The van der Waals surface area contributed by atoms with Crippen LogP contribution in [0.3, 0.4) is 0 Å². The van der Waals surface area contributed by atoms with E-state index in [2.05, 4.69) is 5.32 Å². The summed E-state index contributed by atoms with van der Waals surface area (Å²) in [6.45, 7) is 4.97. The molecule has 0 aromatic heterocycles. The number of aliphatic carboxylic acids is 1. The summed E-state index contributed by atoms with van der Waals surface area (Å²) in [5, 5.41) is 12.1. The summed E-state index contributed by atoms with van der Waals surface area (Å²) < 4.78 is 19.7. The third-order valence-corrected chi connectivity index (χ3v) is 5.26. The average Bonchev–Trinajstić information content (AvgIpc) is 3.44. The highest BCUT2D eigenvalue weighted by Gasteiger charge is 2.32. The maximum Gasteiger partial charge on any atom is 0.317 e. The Morgan fingerprint density at radius 2 is 2.11 bits per heavy atom. The first kappa shape index (κ1) is 19.5. The third-order valence-electron chi connectivity index (χ3n) is 5.26. The average molecular weight is 378 g/mol. The Morgan fingerprint density at radius 3 is 2.74 bits per heavy atom. The van der Waals surface area contributed by atoms with E-state index < -0.39 is 23.7 Å². The second-order valence-electron chi connectivity index (χ2n) is 7.90. The molecule has 3 rings (SSSR count). The van der Waals surface area contributed by atoms with Crippen LogP contribution >= 0.6 is 0 Å². The molecule has 2 amide bonds. The van der Waals surface area contributed by atoms with Crippen LogP contribution in [0.1, 0.15) is 44.7 Å². The van der Waals surface area contributed by atoms with Gasteiger partial charge in [-0.1, -0.05) is 13.0 Å². The topological polar surface area (TPSA) is 78.9 Å². The van der Waals surface area contributed by atoms with E-state index in [1.54, 1.807) is 19.1 Å². The second kappa shape index (κ2) is 8.15. The van der Waals surface area contributed by atoms with E-state index in [9.17, 15) is 19.1 Å². The van der Waals surface area contributed by atoms with Crippen molar-refractivity contribution in [3.05, 3.63) is 29.6 Å². The van der Waals surface area contributed by atoms with Crippen molar-refractivity contribution in [2.45, 2.75) is 39.2 Å².